The first kappa shape index (κ1) is 16.7. The maximum Gasteiger partial charge on any atom is 0.228 e. The lowest BCUT2D eigenvalue weighted by atomic mass is 10.2. The minimum Gasteiger partial charge on any atom is -0.397 e. The summed E-state index contributed by atoms with van der Waals surface area (Å²) in [7, 11) is 0. The Bertz CT molecular complexity index is 419. The minimum atomic E-state index is 0. The average molecular weight is 301 g/mol. The van der Waals surface area contributed by atoms with Crippen molar-refractivity contribution in [2.75, 3.05) is 45.1 Å². The number of aromatic nitrogens is 1. The molecule has 0 radical (unpaired) electrons. The van der Waals surface area contributed by atoms with Crippen LogP contribution >= 0.6 is 12.4 Å². The van der Waals surface area contributed by atoms with Crippen molar-refractivity contribution in [1.82, 2.24) is 14.8 Å². The third-order valence-corrected chi connectivity index (χ3v) is 3.32. The molecule has 0 spiro atoms. The average Bonchev–Trinajstić information content (AvgIpc) is 2.42. The number of aliphatic hydroxyl groups excluding tert-OH is 1. The minimum absolute atomic E-state index is 0. The van der Waals surface area contributed by atoms with Crippen LogP contribution in [0.25, 0.3) is 0 Å². The summed E-state index contributed by atoms with van der Waals surface area (Å²) in [4.78, 5) is 20.3. The Hall–Kier alpha value is -1.37. The monoisotopic (exact) mass is 300 g/mol. The lowest BCUT2D eigenvalue weighted by molar-refractivity contribution is -0.132. The van der Waals surface area contributed by atoms with Crippen LogP contribution in [0, 0.1) is 0 Å². The van der Waals surface area contributed by atoms with Gasteiger partial charge < -0.3 is 15.7 Å². The number of amides is 1. The van der Waals surface area contributed by atoms with E-state index in [0.717, 1.165) is 18.8 Å². The van der Waals surface area contributed by atoms with Gasteiger partial charge in [-0.25, -0.2) is 0 Å². The number of β-amino-alcohol motifs (C(OH)–C–C–N with tert-alkyl or cyclic N) is 1. The van der Waals surface area contributed by atoms with Crippen LogP contribution in [-0.4, -0.2) is 65.1 Å². The van der Waals surface area contributed by atoms with Crippen molar-refractivity contribution >= 4 is 24.0 Å². The molecule has 0 unspecified atom stereocenters. The summed E-state index contributed by atoms with van der Waals surface area (Å²) in [5.41, 5.74) is 6.91. The number of carbonyl (C=O) groups is 1. The summed E-state index contributed by atoms with van der Waals surface area (Å²) in [6, 6.07) is 3.55. The molecule has 0 aromatic carbocycles. The highest BCUT2D eigenvalue weighted by atomic mass is 35.5. The van der Waals surface area contributed by atoms with Gasteiger partial charge in [0.1, 0.15) is 0 Å². The second-order valence-electron chi connectivity index (χ2n) is 4.71. The zero-order valence-electron chi connectivity index (χ0n) is 11.4. The van der Waals surface area contributed by atoms with E-state index in [-0.39, 0.29) is 24.9 Å². The Morgan fingerprint density at radius 2 is 2.00 bits per heavy atom. The highest BCUT2D eigenvalue weighted by Gasteiger charge is 2.20. The van der Waals surface area contributed by atoms with Crippen LogP contribution in [0.1, 0.15) is 5.69 Å². The van der Waals surface area contributed by atoms with E-state index in [1.54, 1.807) is 18.3 Å². The fraction of sp³-hybridized carbons (Fsp3) is 0.538. The van der Waals surface area contributed by atoms with Crippen LogP contribution in [0.3, 0.4) is 0 Å². The van der Waals surface area contributed by atoms with Crippen LogP contribution in [-0.2, 0) is 11.2 Å². The number of aliphatic hydroxyl groups is 1. The van der Waals surface area contributed by atoms with Crippen molar-refractivity contribution in [1.29, 1.82) is 0 Å². The second kappa shape index (κ2) is 8.04. The highest BCUT2D eigenvalue weighted by molar-refractivity contribution is 5.85. The SMILES string of the molecule is Cl.Nc1ccc(CC(=O)N2CCN(CCO)CC2)nc1. The number of hydrogen-bond donors (Lipinski definition) is 2. The first-order valence-electron chi connectivity index (χ1n) is 6.50. The molecule has 1 saturated heterocycles. The standard InChI is InChI=1S/C13H20N4O2.ClH/c14-11-1-2-12(15-10-11)9-13(19)17-5-3-16(4-6-17)7-8-18;/h1-2,10,18H,3-9,14H2;1H. The number of carbonyl (C=O) groups excluding carboxylic acids is 1. The van der Waals surface area contributed by atoms with E-state index < -0.39 is 0 Å². The molecule has 112 valence electrons. The molecule has 2 heterocycles. The van der Waals surface area contributed by atoms with Gasteiger partial charge in [0.25, 0.3) is 0 Å². The van der Waals surface area contributed by atoms with Crippen molar-refractivity contribution in [2.24, 2.45) is 0 Å². The van der Waals surface area contributed by atoms with E-state index in [9.17, 15) is 4.79 Å². The van der Waals surface area contributed by atoms with Gasteiger partial charge >= 0.3 is 0 Å². The van der Waals surface area contributed by atoms with E-state index in [0.29, 0.717) is 31.7 Å². The van der Waals surface area contributed by atoms with E-state index in [1.165, 1.54) is 0 Å². The summed E-state index contributed by atoms with van der Waals surface area (Å²) in [6.45, 7) is 3.93. The fourth-order valence-corrected chi connectivity index (χ4v) is 2.17. The predicted molar refractivity (Wildman–Crippen MR) is 79.7 cm³/mol. The molecule has 0 bridgehead atoms. The molecule has 0 aliphatic carbocycles. The summed E-state index contributed by atoms with van der Waals surface area (Å²) in [6.07, 6.45) is 1.89. The van der Waals surface area contributed by atoms with E-state index in [1.807, 2.05) is 4.90 Å². The van der Waals surface area contributed by atoms with Crippen molar-refractivity contribution in [3.05, 3.63) is 24.0 Å². The number of rotatable bonds is 4. The first-order chi connectivity index (χ1) is 9.19. The summed E-state index contributed by atoms with van der Waals surface area (Å²) in [5.74, 6) is 0.0981. The maximum atomic E-state index is 12.1. The molecule has 7 heteroatoms. The van der Waals surface area contributed by atoms with Gasteiger partial charge in [0.2, 0.25) is 5.91 Å². The van der Waals surface area contributed by atoms with E-state index in [4.69, 9.17) is 10.8 Å². The molecule has 3 N–H and O–H groups in total. The molecular weight excluding hydrogens is 280 g/mol. The van der Waals surface area contributed by atoms with Gasteiger partial charge in [-0.05, 0) is 12.1 Å². The van der Waals surface area contributed by atoms with Crippen molar-refractivity contribution in [3.63, 3.8) is 0 Å². The molecule has 1 amide bonds. The normalized spacial score (nSPS) is 15.8. The van der Waals surface area contributed by atoms with Gasteiger partial charge in [0, 0.05) is 38.4 Å². The van der Waals surface area contributed by atoms with Gasteiger partial charge in [-0.2, -0.15) is 0 Å². The van der Waals surface area contributed by atoms with Crippen LogP contribution in [0.4, 0.5) is 5.69 Å². The second-order valence-corrected chi connectivity index (χ2v) is 4.71. The summed E-state index contributed by atoms with van der Waals surface area (Å²) in [5, 5.41) is 8.87. The molecular formula is C13H21ClN4O2. The Labute approximate surface area is 125 Å². The Morgan fingerprint density at radius 3 is 2.55 bits per heavy atom. The Kier molecular flexibility index (Phi) is 6.70. The number of piperazine rings is 1. The number of anilines is 1. The van der Waals surface area contributed by atoms with Crippen LogP contribution < -0.4 is 5.73 Å². The number of nitrogen functional groups attached to an aromatic ring is 1. The van der Waals surface area contributed by atoms with Crippen molar-refractivity contribution in [2.45, 2.75) is 6.42 Å². The molecule has 1 aliphatic heterocycles. The van der Waals surface area contributed by atoms with Crippen LogP contribution in [0.5, 0.6) is 0 Å². The van der Waals surface area contributed by atoms with Gasteiger partial charge in [-0.3, -0.25) is 14.7 Å². The largest absolute Gasteiger partial charge is 0.397 e. The smallest absolute Gasteiger partial charge is 0.228 e. The van der Waals surface area contributed by atoms with Gasteiger partial charge in [0.15, 0.2) is 0 Å². The van der Waals surface area contributed by atoms with Gasteiger partial charge in [-0.15, -0.1) is 12.4 Å². The lowest BCUT2D eigenvalue weighted by Gasteiger charge is -2.34. The highest BCUT2D eigenvalue weighted by Crippen LogP contribution is 2.06. The van der Waals surface area contributed by atoms with Crippen LogP contribution in [0.2, 0.25) is 0 Å². The molecule has 1 aliphatic rings. The molecule has 1 aromatic rings. The summed E-state index contributed by atoms with van der Waals surface area (Å²) >= 11 is 0. The molecule has 20 heavy (non-hydrogen) atoms. The lowest BCUT2D eigenvalue weighted by Crippen LogP contribution is -2.49. The maximum absolute atomic E-state index is 12.1. The summed E-state index contributed by atoms with van der Waals surface area (Å²) < 4.78 is 0. The first-order valence-corrected chi connectivity index (χ1v) is 6.50. The number of halogens is 1. The topological polar surface area (TPSA) is 82.7 Å². The predicted octanol–water partition coefficient (Wildman–Crippen LogP) is -0.235. The number of nitrogens with two attached hydrogens (primary N) is 1. The Balaban J connectivity index is 0.00000200. The molecule has 2 rings (SSSR count). The van der Waals surface area contributed by atoms with Crippen molar-refractivity contribution in [3.8, 4) is 0 Å². The quantitative estimate of drug-likeness (QED) is 0.802. The van der Waals surface area contributed by atoms with Gasteiger partial charge in [-0.1, -0.05) is 0 Å². The van der Waals surface area contributed by atoms with Gasteiger partial charge in [0.05, 0.1) is 24.9 Å². The zero-order chi connectivity index (χ0) is 13.7. The number of pyridine rings is 1. The molecule has 1 fully saturated rings. The third kappa shape index (κ3) is 4.63. The number of nitrogens with zero attached hydrogens (tertiary/aromatic N) is 3. The van der Waals surface area contributed by atoms with Crippen LogP contribution in [0.15, 0.2) is 18.3 Å². The number of hydrogen-bond acceptors (Lipinski definition) is 5. The van der Waals surface area contributed by atoms with E-state index in [2.05, 4.69) is 9.88 Å². The Morgan fingerprint density at radius 1 is 1.30 bits per heavy atom. The molecule has 0 saturated carbocycles. The van der Waals surface area contributed by atoms with E-state index >= 15 is 0 Å². The molecule has 1 aromatic heterocycles. The molecule has 6 nitrogen and oxygen atoms in total. The zero-order valence-corrected chi connectivity index (χ0v) is 12.2. The molecule has 0 atom stereocenters. The third-order valence-electron chi connectivity index (χ3n) is 3.32. The van der Waals surface area contributed by atoms with Crippen molar-refractivity contribution < 1.29 is 9.90 Å². The fourth-order valence-electron chi connectivity index (χ4n) is 2.17.